The highest BCUT2D eigenvalue weighted by atomic mass is 19.1. The average molecular weight is 140 g/mol. The monoisotopic (exact) mass is 140 g/mol. The zero-order valence-electron chi connectivity index (χ0n) is 6.15. The largest absolute Gasteiger partial charge is 0.246 e. The SMILES string of the molecule is FC/C1=C/CC/C=C\CC1. The van der Waals surface area contributed by atoms with E-state index in [0.717, 1.165) is 31.3 Å². The van der Waals surface area contributed by atoms with Crippen LogP contribution in [0.4, 0.5) is 4.39 Å². The molecule has 0 atom stereocenters. The smallest absolute Gasteiger partial charge is 0.111 e. The van der Waals surface area contributed by atoms with Crippen molar-refractivity contribution in [1.29, 1.82) is 0 Å². The van der Waals surface area contributed by atoms with Crippen LogP contribution in [-0.2, 0) is 0 Å². The fourth-order valence-corrected chi connectivity index (χ4v) is 1.11. The maximum Gasteiger partial charge on any atom is 0.111 e. The molecule has 0 unspecified atom stereocenters. The number of allylic oxidation sites excluding steroid dienone is 4. The lowest BCUT2D eigenvalue weighted by Gasteiger charge is -2.02. The van der Waals surface area contributed by atoms with E-state index < -0.39 is 0 Å². The van der Waals surface area contributed by atoms with E-state index in [1.54, 1.807) is 0 Å². The Labute approximate surface area is 61.4 Å². The van der Waals surface area contributed by atoms with Crippen LogP contribution in [-0.4, -0.2) is 6.67 Å². The molecule has 0 nitrogen and oxygen atoms in total. The minimum absolute atomic E-state index is 0.256. The van der Waals surface area contributed by atoms with Gasteiger partial charge in [-0.15, -0.1) is 0 Å². The first-order chi connectivity index (χ1) is 4.93. The standard InChI is InChI=1S/C9H13F/c10-8-9-6-4-2-1-3-5-7-9/h1-2,7H,3-6,8H2/b2-1-,9-7+. The van der Waals surface area contributed by atoms with Gasteiger partial charge in [-0.2, -0.15) is 0 Å². The molecule has 0 spiro atoms. The van der Waals surface area contributed by atoms with Gasteiger partial charge in [-0.1, -0.05) is 18.2 Å². The highest BCUT2D eigenvalue weighted by Crippen LogP contribution is 2.12. The Morgan fingerprint density at radius 3 is 2.80 bits per heavy atom. The molecule has 0 aliphatic heterocycles. The fourth-order valence-electron chi connectivity index (χ4n) is 1.11. The summed E-state index contributed by atoms with van der Waals surface area (Å²) in [6.45, 7) is -0.256. The topological polar surface area (TPSA) is 0 Å². The minimum Gasteiger partial charge on any atom is -0.246 e. The Morgan fingerprint density at radius 1 is 1.20 bits per heavy atom. The molecule has 0 bridgehead atoms. The van der Waals surface area contributed by atoms with Crippen LogP contribution in [0.5, 0.6) is 0 Å². The van der Waals surface area contributed by atoms with E-state index in [1.807, 2.05) is 6.08 Å². The second kappa shape index (κ2) is 4.26. The van der Waals surface area contributed by atoms with Crippen LogP contribution >= 0.6 is 0 Å². The number of hydrogen-bond donors (Lipinski definition) is 0. The summed E-state index contributed by atoms with van der Waals surface area (Å²) in [7, 11) is 0. The molecule has 0 aromatic rings. The second-order valence-electron chi connectivity index (χ2n) is 2.58. The van der Waals surface area contributed by atoms with Gasteiger partial charge >= 0.3 is 0 Å². The van der Waals surface area contributed by atoms with Crippen molar-refractivity contribution in [3.63, 3.8) is 0 Å². The molecule has 0 saturated heterocycles. The minimum atomic E-state index is -0.256. The predicted octanol–water partition coefficient (Wildman–Crippen LogP) is 3.01. The molecule has 0 saturated carbocycles. The van der Waals surface area contributed by atoms with Gasteiger partial charge < -0.3 is 0 Å². The van der Waals surface area contributed by atoms with Crippen LogP contribution in [0.1, 0.15) is 25.7 Å². The summed E-state index contributed by atoms with van der Waals surface area (Å²) < 4.78 is 12.1. The molecule has 1 aliphatic rings. The van der Waals surface area contributed by atoms with E-state index in [0.29, 0.717) is 0 Å². The van der Waals surface area contributed by atoms with Crippen molar-refractivity contribution in [2.45, 2.75) is 25.7 Å². The normalized spacial score (nSPS) is 27.9. The van der Waals surface area contributed by atoms with E-state index in [9.17, 15) is 4.39 Å². The average Bonchev–Trinajstić information content (AvgIpc) is 1.87. The van der Waals surface area contributed by atoms with E-state index in [-0.39, 0.29) is 6.67 Å². The third-order valence-electron chi connectivity index (χ3n) is 1.74. The zero-order chi connectivity index (χ0) is 7.23. The van der Waals surface area contributed by atoms with Gasteiger partial charge in [0.15, 0.2) is 0 Å². The van der Waals surface area contributed by atoms with Crippen LogP contribution in [0.3, 0.4) is 0 Å². The van der Waals surface area contributed by atoms with Gasteiger partial charge in [0.1, 0.15) is 6.67 Å². The van der Waals surface area contributed by atoms with Gasteiger partial charge in [-0.3, -0.25) is 0 Å². The highest BCUT2D eigenvalue weighted by Gasteiger charge is 1.96. The number of alkyl halides is 1. The molecule has 0 aromatic heterocycles. The number of halogens is 1. The summed E-state index contributed by atoms with van der Waals surface area (Å²) in [5, 5.41) is 0. The lowest BCUT2D eigenvalue weighted by Crippen LogP contribution is -1.87. The first-order valence-electron chi connectivity index (χ1n) is 3.82. The lowest BCUT2D eigenvalue weighted by molar-refractivity contribution is 0.529. The van der Waals surface area contributed by atoms with E-state index in [2.05, 4.69) is 12.2 Å². The second-order valence-corrected chi connectivity index (χ2v) is 2.58. The van der Waals surface area contributed by atoms with Gasteiger partial charge in [0.25, 0.3) is 0 Å². The number of rotatable bonds is 1. The Balaban J connectivity index is 2.41. The first-order valence-corrected chi connectivity index (χ1v) is 3.82. The summed E-state index contributed by atoms with van der Waals surface area (Å²) in [4.78, 5) is 0. The van der Waals surface area contributed by atoms with E-state index >= 15 is 0 Å². The van der Waals surface area contributed by atoms with E-state index in [4.69, 9.17) is 0 Å². The van der Waals surface area contributed by atoms with Gasteiger partial charge in [-0.25, -0.2) is 4.39 Å². The van der Waals surface area contributed by atoms with Crippen molar-refractivity contribution in [2.24, 2.45) is 0 Å². The Hall–Kier alpha value is -0.590. The fraction of sp³-hybridized carbons (Fsp3) is 0.556. The summed E-state index contributed by atoms with van der Waals surface area (Å²) in [5.41, 5.74) is 0.976. The Bertz CT molecular complexity index is 145. The van der Waals surface area contributed by atoms with Crippen LogP contribution in [0, 0.1) is 0 Å². The van der Waals surface area contributed by atoms with E-state index in [1.165, 1.54) is 0 Å². The molecule has 0 N–H and O–H groups in total. The van der Waals surface area contributed by atoms with Crippen LogP contribution in [0.2, 0.25) is 0 Å². The molecule has 0 fully saturated rings. The van der Waals surface area contributed by atoms with Gasteiger partial charge in [-0.05, 0) is 31.3 Å². The van der Waals surface area contributed by atoms with Crippen molar-refractivity contribution in [1.82, 2.24) is 0 Å². The highest BCUT2D eigenvalue weighted by molar-refractivity contribution is 5.06. The molecule has 56 valence electrons. The molecule has 1 rings (SSSR count). The quantitative estimate of drug-likeness (QED) is 0.491. The Kier molecular flexibility index (Phi) is 3.20. The van der Waals surface area contributed by atoms with Crippen molar-refractivity contribution in [3.05, 3.63) is 23.8 Å². The Morgan fingerprint density at radius 2 is 2.00 bits per heavy atom. The van der Waals surface area contributed by atoms with Crippen LogP contribution in [0.15, 0.2) is 23.8 Å². The van der Waals surface area contributed by atoms with Crippen LogP contribution < -0.4 is 0 Å². The summed E-state index contributed by atoms with van der Waals surface area (Å²) in [6, 6.07) is 0. The molecule has 0 amide bonds. The molecule has 0 heterocycles. The molecule has 0 radical (unpaired) electrons. The molecule has 10 heavy (non-hydrogen) atoms. The van der Waals surface area contributed by atoms with Crippen molar-refractivity contribution < 1.29 is 4.39 Å². The summed E-state index contributed by atoms with van der Waals surface area (Å²) in [5.74, 6) is 0. The van der Waals surface area contributed by atoms with Crippen molar-refractivity contribution in [2.75, 3.05) is 6.67 Å². The number of hydrogen-bond acceptors (Lipinski definition) is 0. The van der Waals surface area contributed by atoms with Gasteiger partial charge in [0.05, 0.1) is 0 Å². The third kappa shape index (κ3) is 2.34. The summed E-state index contributed by atoms with van der Waals surface area (Å²) >= 11 is 0. The van der Waals surface area contributed by atoms with Crippen molar-refractivity contribution in [3.8, 4) is 0 Å². The summed E-state index contributed by atoms with van der Waals surface area (Å²) in [6.07, 6.45) is 10.3. The molecule has 0 aromatic carbocycles. The molecular formula is C9H13F. The molecule has 1 heteroatoms. The maximum absolute atomic E-state index is 12.1. The van der Waals surface area contributed by atoms with Crippen LogP contribution in [0.25, 0.3) is 0 Å². The van der Waals surface area contributed by atoms with Crippen molar-refractivity contribution >= 4 is 0 Å². The molecule has 1 aliphatic carbocycles. The lowest BCUT2D eigenvalue weighted by atomic mass is 10.1. The maximum atomic E-state index is 12.1. The van der Waals surface area contributed by atoms with Gasteiger partial charge in [0, 0.05) is 0 Å². The first kappa shape index (κ1) is 7.52. The molecular weight excluding hydrogens is 127 g/mol. The van der Waals surface area contributed by atoms with Gasteiger partial charge in [0.2, 0.25) is 0 Å². The third-order valence-corrected chi connectivity index (χ3v) is 1.74. The zero-order valence-corrected chi connectivity index (χ0v) is 6.15. The predicted molar refractivity (Wildman–Crippen MR) is 41.7 cm³/mol.